The maximum absolute atomic E-state index is 10.3. The molecule has 122 valence electrons. The van der Waals surface area contributed by atoms with Crippen molar-refractivity contribution in [3.63, 3.8) is 0 Å². The summed E-state index contributed by atoms with van der Waals surface area (Å²) in [5.74, 6) is -0.805. The number of aliphatic carboxylic acids is 1. The second kappa shape index (κ2) is 15.3. The molecule has 3 heteroatoms. The normalized spacial score (nSPS) is 13.2. The Labute approximate surface area is 129 Å². The number of rotatable bonds is 14. The van der Waals surface area contributed by atoms with Gasteiger partial charge in [-0.1, -0.05) is 69.8 Å². The number of unbranched alkanes of at least 4 members (excludes halogenated alkanes) is 7. The molecular formula is C18H32O3. The molecule has 0 aliphatic carbocycles. The summed E-state index contributed by atoms with van der Waals surface area (Å²) in [5, 5.41) is 18.1. The first-order chi connectivity index (χ1) is 10.2. The van der Waals surface area contributed by atoms with E-state index in [2.05, 4.69) is 13.0 Å². The molecule has 0 rings (SSSR count). The number of hydrogen-bond donors (Lipinski definition) is 2. The molecule has 0 spiro atoms. The number of carbonyl (C=O) groups is 1. The first-order valence-corrected chi connectivity index (χ1v) is 8.40. The average molecular weight is 296 g/mol. The van der Waals surface area contributed by atoms with Crippen LogP contribution in [0.15, 0.2) is 24.3 Å². The van der Waals surface area contributed by atoms with Gasteiger partial charge < -0.3 is 10.2 Å². The van der Waals surface area contributed by atoms with E-state index in [4.69, 9.17) is 5.11 Å². The highest BCUT2D eigenvalue weighted by Crippen LogP contribution is 2.08. The van der Waals surface area contributed by atoms with Crippen LogP contribution in [0.2, 0.25) is 0 Å². The van der Waals surface area contributed by atoms with Gasteiger partial charge in [-0.2, -0.15) is 0 Å². The lowest BCUT2D eigenvalue weighted by atomic mass is 10.1. The second-order valence-corrected chi connectivity index (χ2v) is 5.58. The van der Waals surface area contributed by atoms with E-state index in [1.165, 1.54) is 44.9 Å². The van der Waals surface area contributed by atoms with Gasteiger partial charge in [-0.3, -0.25) is 4.79 Å². The van der Waals surface area contributed by atoms with Gasteiger partial charge in [0.25, 0.3) is 0 Å². The molecule has 0 bridgehead atoms. The van der Waals surface area contributed by atoms with Crippen LogP contribution in [-0.4, -0.2) is 22.3 Å². The van der Waals surface area contributed by atoms with Gasteiger partial charge in [0.2, 0.25) is 0 Å². The van der Waals surface area contributed by atoms with Crippen LogP contribution in [0.5, 0.6) is 0 Å². The van der Waals surface area contributed by atoms with Gasteiger partial charge in [-0.25, -0.2) is 0 Å². The molecule has 21 heavy (non-hydrogen) atoms. The monoisotopic (exact) mass is 296 g/mol. The third kappa shape index (κ3) is 16.9. The van der Waals surface area contributed by atoms with Crippen molar-refractivity contribution in [1.82, 2.24) is 0 Å². The summed E-state index contributed by atoms with van der Waals surface area (Å²) < 4.78 is 0. The molecule has 1 atom stereocenters. The van der Waals surface area contributed by atoms with Gasteiger partial charge in [0, 0.05) is 6.42 Å². The lowest BCUT2D eigenvalue weighted by Gasteiger charge is -2.02. The summed E-state index contributed by atoms with van der Waals surface area (Å²) in [6.07, 6.45) is 18.7. The standard InChI is InChI=1S/C18H32O3/c1-2-3-4-5-6-7-8-9-10-11-12-14-17(19)15-13-16-18(20)21/h10-12,14,17,19H,2-9,13,15-16H2,1H3,(H,20,21). The van der Waals surface area contributed by atoms with E-state index in [1.54, 1.807) is 6.08 Å². The van der Waals surface area contributed by atoms with Crippen molar-refractivity contribution in [2.45, 2.75) is 83.7 Å². The highest BCUT2D eigenvalue weighted by Gasteiger charge is 2.01. The van der Waals surface area contributed by atoms with Crippen LogP contribution >= 0.6 is 0 Å². The molecule has 0 aromatic carbocycles. The van der Waals surface area contributed by atoms with Crippen LogP contribution in [0.25, 0.3) is 0 Å². The Kier molecular flexibility index (Phi) is 14.5. The van der Waals surface area contributed by atoms with Crippen molar-refractivity contribution < 1.29 is 15.0 Å². The van der Waals surface area contributed by atoms with Crippen molar-refractivity contribution in [1.29, 1.82) is 0 Å². The van der Waals surface area contributed by atoms with Crippen LogP contribution in [0.4, 0.5) is 0 Å². The molecule has 0 radical (unpaired) electrons. The van der Waals surface area contributed by atoms with E-state index < -0.39 is 12.1 Å². The van der Waals surface area contributed by atoms with Crippen LogP contribution in [0.1, 0.15) is 77.6 Å². The fourth-order valence-electron chi connectivity index (χ4n) is 2.15. The smallest absolute Gasteiger partial charge is 0.303 e. The van der Waals surface area contributed by atoms with E-state index in [1.807, 2.05) is 12.2 Å². The predicted octanol–water partition coefficient (Wildman–Crippen LogP) is 4.86. The summed E-state index contributed by atoms with van der Waals surface area (Å²) >= 11 is 0. The largest absolute Gasteiger partial charge is 0.481 e. The minimum Gasteiger partial charge on any atom is -0.481 e. The van der Waals surface area contributed by atoms with E-state index in [9.17, 15) is 9.90 Å². The minimum atomic E-state index is -0.805. The zero-order valence-electron chi connectivity index (χ0n) is 13.5. The Hall–Kier alpha value is -1.09. The topological polar surface area (TPSA) is 57.5 Å². The van der Waals surface area contributed by atoms with E-state index in [0.29, 0.717) is 12.8 Å². The second-order valence-electron chi connectivity index (χ2n) is 5.58. The summed E-state index contributed by atoms with van der Waals surface area (Å²) in [6, 6.07) is 0. The van der Waals surface area contributed by atoms with Gasteiger partial charge in [0.15, 0.2) is 0 Å². The highest BCUT2D eigenvalue weighted by atomic mass is 16.4. The zero-order chi connectivity index (χ0) is 15.8. The fraction of sp³-hybridized carbons (Fsp3) is 0.722. The van der Waals surface area contributed by atoms with Gasteiger partial charge >= 0.3 is 5.97 Å². The molecular weight excluding hydrogens is 264 g/mol. The maximum Gasteiger partial charge on any atom is 0.303 e. The third-order valence-electron chi connectivity index (χ3n) is 3.45. The Morgan fingerprint density at radius 2 is 1.67 bits per heavy atom. The molecule has 3 nitrogen and oxygen atoms in total. The molecule has 0 aliphatic heterocycles. The fourth-order valence-corrected chi connectivity index (χ4v) is 2.15. The number of allylic oxidation sites excluding steroid dienone is 3. The van der Waals surface area contributed by atoms with Gasteiger partial charge in [0.1, 0.15) is 0 Å². The summed E-state index contributed by atoms with van der Waals surface area (Å²) in [4.78, 5) is 10.3. The molecule has 0 amide bonds. The van der Waals surface area contributed by atoms with Crippen molar-refractivity contribution >= 4 is 5.97 Å². The average Bonchev–Trinajstić information content (AvgIpc) is 2.44. The van der Waals surface area contributed by atoms with Gasteiger partial charge in [-0.15, -0.1) is 0 Å². The van der Waals surface area contributed by atoms with E-state index in [0.717, 1.165) is 6.42 Å². The molecule has 0 aliphatic rings. The molecule has 0 heterocycles. The first kappa shape index (κ1) is 19.9. The first-order valence-electron chi connectivity index (χ1n) is 8.40. The Morgan fingerprint density at radius 1 is 1.00 bits per heavy atom. The van der Waals surface area contributed by atoms with Crippen molar-refractivity contribution in [2.75, 3.05) is 0 Å². The minimum absolute atomic E-state index is 0.124. The predicted molar refractivity (Wildman–Crippen MR) is 88.4 cm³/mol. The van der Waals surface area contributed by atoms with Crippen molar-refractivity contribution in [2.24, 2.45) is 0 Å². The lowest BCUT2D eigenvalue weighted by Crippen LogP contribution is -2.03. The zero-order valence-corrected chi connectivity index (χ0v) is 13.5. The maximum atomic E-state index is 10.3. The van der Waals surface area contributed by atoms with Crippen molar-refractivity contribution in [3.05, 3.63) is 24.3 Å². The third-order valence-corrected chi connectivity index (χ3v) is 3.45. The molecule has 0 aromatic heterocycles. The number of carboxylic acid groups (broad SMARTS) is 1. The summed E-state index contributed by atoms with van der Waals surface area (Å²) in [7, 11) is 0. The quantitative estimate of drug-likeness (QED) is 0.355. The molecule has 0 aromatic rings. The van der Waals surface area contributed by atoms with E-state index in [-0.39, 0.29) is 6.42 Å². The molecule has 2 N–H and O–H groups in total. The van der Waals surface area contributed by atoms with Crippen LogP contribution in [-0.2, 0) is 4.79 Å². The van der Waals surface area contributed by atoms with Crippen molar-refractivity contribution in [3.8, 4) is 0 Å². The van der Waals surface area contributed by atoms with Crippen LogP contribution < -0.4 is 0 Å². The lowest BCUT2D eigenvalue weighted by molar-refractivity contribution is -0.137. The Balaban J connectivity index is 3.40. The Bertz CT molecular complexity index is 295. The Morgan fingerprint density at radius 3 is 2.33 bits per heavy atom. The van der Waals surface area contributed by atoms with Crippen LogP contribution in [0, 0.1) is 0 Å². The highest BCUT2D eigenvalue weighted by molar-refractivity contribution is 5.66. The SMILES string of the molecule is CCCCCCCCCC=CC=CC(O)CCCC(=O)O. The van der Waals surface area contributed by atoms with Crippen LogP contribution in [0.3, 0.4) is 0 Å². The number of carboxylic acids is 1. The summed E-state index contributed by atoms with van der Waals surface area (Å²) in [6.45, 7) is 2.24. The molecule has 1 unspecified atom stereocenters. The van der Waals surface area contributed by atoms with Gasteiger partial charge in [-0.05, 0) is 25.7 Å². The number of aliphatic hydroxyl groups excluding tert-OH is 1. The molecule has 0 fully saturated rings. The van der Waals surface area contributed by atoms with Gasteiger partial charge in [0.05, 0.1) is 6.10 Å². The summed E-state index contributed by atoms with van der Waals surface area (Å²) in [5.41, 5.74) is 0. The number of hydrogen-bond acceptors (Lipinski definition) is 2. The van der Waals surface area contributed by atoms with E-state index >= 15 is 0 Å². The number of aliphatic hydroxyl groups is 1. The molecule has 0 saturated carbocycles. The molecule has 0 saturated heterocycles.